The molecule has 6 aromatic rings. The Morgan fingerprint density at radius 3 is 2.27 bits per heavy atom. The van der Waals surface area contributed by atoms with Crippen LogP contribution in [0.15, 0.2) is 89.5 Å². The first-order valence-corrected chi connectivity index (χ1v) is 12.6. The van der Waals surface area contributed by atoms with E-state index >= 15 is 0 Å². The molecule has 0 amide bonds. The molecule has 0 aliphatic carbocycles. The van der Waals surface area contributed by atoms with E-state index in [-0.39, 0.29) is 5.41 Å². The maximum Gasteiger partial charge on any atom is 0.216 e. The molecule has 0 spiro atoms. The van der Waals surface area contributed by atoms with Crippen LogP contribution in [-0.4, -0.2) is 0 Å². The van der Waals surface area contributed by atoms with Crippen LogP contribution in [0.5, 0.6) is 0 Å². The van der Waals surface area contributed by atoms with Crippen molar-refractivity contribution in [2.24, 2.45) is 7.05 Å². The van der Waals surface area contributed by atoms with Crippen molar-refractivity contribution in [3.63, 3.8) is 0 Å². The van der Waals surface area contributed by atoms with Crippen molar-refractivity contribution in [2.75, 3.05) is 0 Å². The molecule has 37 heavy (non-hydrogen) atoms. The Morgan fingerprint density at radius 1 is 0.865 bits per heavy atom. The summed E-state index contributed by atoms with van der Waals surface area (Å²) in [4.78, 5) is 3.87. The van der Waals surface area contributed by atoms with Gasteiger partial charge in [-0.2, -0.15) is 0 Å². The first-order chi connectivity index (χ1) is 17.8. The van der Waals surface area contributed by atoms with Crippen LogP contribution < -0.4 is 4.57 Å². The lowest BCUT2D eigenvalue weighted by molar-refractivity contribution is -0.659. The van der Waals surface area contributed by atoms with E-state index in [4.69, 9.17) is 11.0 Å². The lowest BCUT2D eigenvalue weighted by Crippen LogP contribution is -2.30. The van der Waals surface area contributed by atoms with Crippen LogP contribution in [0.25, 0.3) is 59.9 Å². The van der Waals surface area contributed by atoms with Crippen molar-refractivity contribution >= 4 is 38.4 Å². The van der Waals surface area contributed by atoms with E-state index in [1.54, 1.807) is 0 Å². The summed E-state index contributed by atoms with van der Waals surface area (Å²) in [5.74, 6) is 0. The smallest absolute Gasteiger partial charge is 0.216 e. The highest BCUT2D eigenvalue weighted by molar-refractivity contribution is 6.14. The molecule has 6 rings (SSSR count). The van der Waals surface area contributed by atoms with Gasteiger partial charge in [0, 0.05) is 22.2 Å². The number of furan rings is 1. The molecule has 3 heteroatoms. The largest absolute Gasteiger partial charge is 0.456 e. The summed E-state index contributed by atoms with van der Waals surface area (Å²) in [5.41, 5.74) is 8.75. The summed E-state index contributed by atoms with van der Waals surface area (Å²) >= 11 is 0. The van der Waals surface area contributed by atoms with Gasteiger partial charge in [-0.15, -0.1) is 0 Å². The van der Waals surface area contributed by atoms with Crippen molar-refractivity contribution in [1.29, 1.82) is 0 Å². The second kappa shape index (κ2) is 8.32. The molecule has 0 atom stereocenters. The summed E-state index contributed by atoms with van der Waals surface area (Å²) in [6.07, 6.45) is 2.18. The molecule has 0 aliphatic heterocycles. The van der Waals surface area contributed by atoms with Crippen molar-refractivity contribution in [3.05, 3.63) is 108 Å². The Kier molecular flexibility index (Phi) is 5.17. The molecule has 0 radical (unpaired) electrons. The van der Waals surface area contributed by atoms with E-state index in [0.717, 1.165) is 44.3 Å². The Hall–Kier alpha value is -4.42. The minimum absolute atomic E-state index is 0.0880. The van der Waals surface area contributed by atoms with Gasteiger partial charge >= 0.3 is 0 Å². The Bertz CT molecular complexity index is 1880. The zero-order valence-corrected chi connectivity index (χ0v) is 21.9. The second-order valence-electron chi connectivity index (χ2n) is 10.9. The minimum atomic E-state index is -0.0880. The molecule has 0 fully saturated rings. The van der Waals surface area contributed by atoms with E-state index in [1.807, 2.05) is 24.3 Å². The molecular formula is C34H29N2O+. The molecule has 0 N–H and O–H groups in total. The fourth-order valence-corrected chi connectivity index (χ4v) is 5.50. The first kappa shape index (κ1) is 23.0. The number of pyridine rings is 1. The summed E-state index contributed by atoms with van der Waals surface area (Å²) in [6, 6.07) is 27.2. The molecule has 2 heterocycles. The number of aryl methyl sites for hydroxylation is 2. The molecule has 4 aromatic carbocycles. The zero-order chi connectivity index (χ0) is 25.9. The quantitative estimate of drug-likeness (QED) is 0.178. The van der Waals surface area contributed by atoms with E-state index in [0.29, 0.717) is 5.69 Å². The summed E-state index contributed by atoms with van der Waals surface area (Å²) in [6.45, 7) is 16.8. The number of nitrogens with zero attached hydrogens (tertiary/aromatic N) is 2. The molecule has 0 unspecified atom stereocenters. The van der Waals surface area contributed by atoms with Crippen LogP contribution in [0.1, 0.15) is 31.9 Å². The van der Waals surface area contributed by atoms with Crippen molar-refractivity contribution in [1.82, 2.24) is 0 Å². The highest BCUT2D eigenvalue weighted by Gasteiger charge is 2.28. The highest BCUT2D eigenvalue weighted by Crippen LogP contribution is 2.46. The number of aromatic nitrogens is 1. The number of hydrogen-bond donors (Lipinski definition) is 0. The molecule has 0 aliphatic rings. The normalized spacial score (nSPS) is 11.9. The van der Waals surface area contributed by atoms with Gasteiger partial charge in [-0.3, -0.25) is 0 Å². The number of hydrogen-bond acceptors (Lipinski definition) is 1. The van der Waals surface area contributed by atoms with Gasteiger partial charge in [0.2, 0.25) is 5.69 Å². The molecule has 3 nitrogen and oxygen atoms in total. The summed E-state index contributed by atoms with van der Waals surface area (Å²) in [7, 11) is 2.10. The monoisotopic (exact) mass is 481 g/mol. The number of rotatable bonds is 2. The molecule has 2 aromatic heterocycles. The van der Waals surface area contributed by atoms with Gasteiger partial charge in [0.05, 0.1) is 12.1 Å². The molecule has 0 saturated carbocycles. The first-order valence-electron chi connectivity index (χ1n) is 12.6. The van der Waals surface area contributed by atoms with Crippen molar-refractivity contribution in [3.8, 4) is 22.4 Å². The highest BCUT2D eigenvalue weighted by atomic mass is 16.3. The summed E-state index contributed by atoms with van der Waals surface area (Å²) in [5, 5.41) is 4.58. The maximum atomic E-state index is 7.88. The SMILES string of the molecule is [C-]#[N+]c1cc2oc3c(-c4cc5ccccc5c[n+]4C)c(C)cc(C(C)(C)C)c3c2cc1-c1ccccc1. The maximum absolute atomic E-state index is 7.88. The minimum Gasteiger partial charge on any atom is -0.456 e. The molecular weight excluding hydrogens is 452 g/mol. The third-order valence-corrected chi connectivity index (χ3v) is 7.33. The van der Waals surface area contributed by atoms with Gasteiger partial charge in [-0.25, -0.2) is 9.41 Å². The van der Waals surface area contributed by atoms with Crippen LogP contribution in [0.2, 0.25) is 0 Å². The van der Waals surface area contributed by atoms with Crippen LogP contribution in [0.3, 0.4) is 0 Å². The van der Waals surface area contributed by atoms with Crippen LogP contribution in [0.4, 0.5) is 5.69 Å². The predicted molar refractivity (Wildman–Crippen MR) is 153 cm³/mol. The van der Waals surface area contributed by atoms with Crippen LogP contribution >= 0.6 is 0 Å². The van der Waals surface area contributed by atoms with Gasteiger partial charge < -0.3 is 4.42 Å². The Morgan fingerprint density at radius 2 is 1.57 bits per heavy atom. The average molecular weight is 482 g/mol. The fraction of sp³-hybridized carbons (Fsp3) is 0.176. The summed E-state index contributed by atoms with van der Waals surface area (Å²) < 4.78 is 8.89. The lowest BCUT2D eigenvalue weighted by Gasteiger charge is -2.22. The van der Waals surface area contributed by atoms with E-state index < -0.39 is 0 Å². The number of benzene rings is 4. The fourth-order valence-electron chi connectivity index (χ4n) is 5.50. The van der Waals surface area contributed by atoms with Crippen molar-refractivity contribution in [2.45, 2.75) is 33.1 Å². The Labute approximate surface area is 217 Å². The number of fused-ring (bicyclic) bond motifs is 4. The van der Waals surface area contributed by atoms with Gasteiger partial charge in [0.15, 0.2) is 11.9 Å². The third-order valence-electron chi connectivity index (χ3n) is 7.33. The van der Waals surface area contributed by atoms with E-state index in [9.17, 15) is 0 Å². The van der Waals surface area contributed by atoms with Gasteiger partial charge in [-0.05, 0) is 52.1 Å². The van der Waals surface area contributed by atoms with Gasteiger partial charge in [0.1, 0.15) is 18.2 Å². The average Bonchev–Trinajstić information content (AvgIpc) is 3.25. The van der Waals surface area contributed by atoms with Crippen LogP contribution in [0, 0.1) is 13.5 Å². The van der Waals surface area contributed by atoms with Gasteiger partial charge in [0.25, 0.3) is 0 Å². The standard InChI is InChI=1S/C34H29N2O/c1-21-16-27(34(2,3)4)32-26-18-25(22-12-8-7-9-13-22)28(35-5)19-30(26)37-33(32)31(21)29-17-23-14-10-11-15-24(23)20-36(29)6/h7-20H,1-4,6H3/q+1. The lowest BCUT2D eigenvalue weighted by atomic mass is 9.81. The van der Waals surface area contributed by atoms with E-state index in [1.165, 1.54) is 21.9 Å². The topological polar surface area (TPSA) is 21.4 Å². The third kappa shape index (κ3) is 3.69. The Balaban J connectivity index is 1.76. The molecule has 0 bridgehead atoms. The molecule has 0 saturated heterocycles. The zero-order valence-electron chi connectivity index (χ0n) is 21.9. The van der Waals surface area contributed by atoms with Crippen molar-refractivity contribution < 1.29 is 8.98 Å². The second-order valence-corrected chi connectivity index (χ2v) is 10.9. The molecule has 180 valence electrons. The van der Waals surface area contributed by atoms with Crippen LogP contribution in [-0.2, 0) is 12.5 Å². The van der Waals surface area contributed by atoms with E-state index in [2.05, 4.69) is 105 Å². The predicted octanol–water partition coefficient (Wildman–Crippen LogP) is 9.05. The van der Waals surface area contributed by atoms with Gasteiger partial charge in [-0.1, -0.05) is 81.4 Å².